The van der Waals surface area contributed by atoms with Gasteiger partial charge in [-0.1, -0.05) is 180 Å². The van der Waals surface area contributed by atoms with Gasteiger partial charge in [0.1, 0.15) is 0 Å². The Hall–Kier alpha value is -7.53. The molecule has 0 fully saturated rings. The molecule has 2 aliphatic heterocycles. The topological polar surface area (TPSA) is 9.86 Å². The van der Waals surface area contributed by atoms with Crippen LogP contribution in [0, 0.1) is 0 Å². The van der Waals surface area contributed by atoms with Crippen molar-refractivity contribution < 1.29 is 0 Å². The van der Waals surface area contributed by atoms with Crippen LogP contribution in [0.25, 0.3) is 66.1 Å². The van der Waals surface area contributed by atoms with E-state index in [1.165, 1.54) is 92.1 Å². The highest BCUT2D eigenvalue weighted by Gasteiger charge is 2.43. The molecule has 13 rings (SSSR count). The van der Waals surface area contributed by atoms with Gasteiger partial charge >= 0.3 is 0 Å². The third kappa shape index (κ3) is 5.02. The quantitative estimate of drug-likeness (QED) is 0.153. The molecule has 2 aliphatic rings. The summed E-state index contributed by atoms with van der Waals surface area (Å²) in [5.41, 5.74) is 16.3. The third-order valence-electron chi connectivity index (χ3n) is 13.2. The van der Waals surface area contributed by atoms with Gasteiger partial charge in [-0.05, 0) is 104 Å². The maximum Gasteiger partial charge on any atom is 0.244 e. The van der Waals surface area contributed by atoms with Gasteiger partial charge in [0.2, 0.25) is 6.71 Å². The molecule has 0 bridgehead atoms. The molecule has 0 unspecified atom stereocenters. The summed E-state index contributed by atoms with van der Waals surface area (Å²) in [4.78, 5) is 2.83. The van der Waals surface area contributed by atoms with Gasteiger partial charge in [-0.3, -0.25) is 0 Å². The minimum absolute atomic E-state index is 0.135. The zero-order chi connectivity index (χ0) is 40.8. The van der Waals surface area contributed by atoms with Crippen molar-refractivity contribution in [1.82, 2.24) is 9.13 Å². The predicted octanol–water partition coefficient (Wildman–Crippen LogP) is 13.0. The monoisotopic (exact) mass is 806 g/mol. The number of rotatable bonds is 5. The Labute approximate surface area is 362 Å². The predicted molar refractivity (Wildman–Crippen MR) is 266 cm³/mol. The second-order valence-electron chi connectivity index (χ2n) is 16.5. The van der Waals surface area contributed by atoms with Crippen molar-refractivity contribution in [3.05, 3.63) is 246 Å². The van der Waals surface area contributed by atoms with Crippen LogP contribution in [0.1, 0.15) is 11.1 Å². The van der Waals surface area contributed by atoms with E-state index in [4.69, 9.17) is 0 Å². The molecular formula is C58H39BN2S. The van der Waals surface area contributed by atoms with Crippen molar-refractivity contribution in [2.45, 2.75) is 9.79 Å². The molecule has 4 heteroatoms. The SMILES string of the molecule is C1=C(c2cccc3c2c2ccccc2n3-c2ccccc2)C(c2cccc3c2c2ccccc2n3-c2ccccc2)=CS12c1ccccc1B(c1ccccc1)c1ccccc12. The van der Waals surface area contributed by atoms with Gasteiger partial charge in [-0.2, -0.15) is 0 Å². The summed E-state index contributed by atoms with van der Waals surface area (Å²) in [7, 11) is -1.89. The zero-order valence-electron chi connectivity index (χ0n) is 33.9. The average molecular weight is 807 g/mol. The highest BCUT2D eigenvalue weighted by Crippen LogP contribution is 2.72. The van der Waals surface area contributed by atoms with E-state index in [9.17, 15) is 0 Å². The molecule has 2 nitrogen and oxygen atoms in total. The van der Waals surface area contributed by atoms with Gasteiger partial charge in [0, 0.05) is 32.9 Å². The second kappa shape index (κ2) is 13.8. The van der Waals surface area contributed by atoms with E-state index in [0.717, 1.165) is 11.4 Å². The fourth-order valence-electron chi connectivity index (χ4n) is 10.7. The van der Waals surface area contributed by atoms with Gasteiger partial charge in [-0.25, -0.2) is 0 Å². The first-order valence-corrected chi connectivity index (χ1v) is 23.2. The van der Waals surface area contributed by atoms with Crippen LogP contribution in [0.5, 0.6) is 0 Å². The van der Waals surface area contributed by atoms with Gasteiger partial charge in [0.15, 0.2) is 0 Å². The van der Waals surface area contributed by atoms with E-state index in [2.05, 4.69) is 244 Å². The number of para-hydroxylation sites is 4. The van der Waals surface area contributed by atoms with Crippen LogP contribution < -0.4 is 16.4 Å². The normalized spacial score (nSPS) is 14.6. The van der Waals surface area contributed by atoms with Crippen molar-refractivity contribution in [3.8, 4) is 11.4 Å². The van der Waals surface area contributed by atoms with Crippen LogP contribution in [0.3, 0.4) is 0 Å². The fraction of sp³-hybridized carbons (Fsp3) is 0. The van der Waals surface area contributed by atoms with Crippen molar-refractivity contribution in [1.29, 1.82) is 0 Å². The Balaban J connectivity index is 1.17. The van der Waals surface area contributed by atoms with E-state index in [0.29, 0.717) is 0 Å². The minimum Gasteiger partial charge on any atom is -0.309 e. The molecule has 0 aliphatic carbocycles. The molecule has 0 atom stereocenters. The highest BCUT2D eigenvalue weighted by atomic mass is 32.3. The summed E-state index contributed by atoms with van der Waals surface area (Å²) < 4.78 is 4.89. The Morgan fingerprint density at radius 3 is 1.19 bits per heavy atom. The number of benzene rings is 9. The molecule has 290 valence electrons. The molecule has 1 spiro atoms. The number of hydrogen-bond donors (Lipinski definition) is 0. The van der Waals surface area contributed by atoms with E-state index < -0.39 is 10.0 Å². The highest BCUT2D eigenvalue weighted by molar-refractivity contribution is 8.39. The van der Waals surface area contributed by atoms with Crippen LogP contribution in [0.15, 0.2) is 245 Å². The van der Waals surface area contributed by atoms with E-state index in [1.807, 2.05) is 0 Å². The summed E-state index contributed by atoms with van der Waals surface area (Å²) in [5, 5.41) is 10.5. The van der Waals surface area contributed by atoms with Crippen LogP contribution in [-0.2, 0) is 0 Å². The smallest absolute Gasteiger partial charge is 0.244 e. The maximum atomic E-state index is 2.71. The lowest BCUT2D eigenvalue weighted by atomic mass is 9.36. The van der Waals surface area contributed by atoms with E-state index in [-0.39, 0.29) is 6.71 Å². The number of aromatic nitrogens is 2. The Morgan fingerprint density at radius 1 is 0.323 bits per heavy atom. The van der Waals surface area contributed by atoms with Crippen LogP contribution in [-0.4, -0.2) is 15.8 Å². The molecule has 11 aromatic rings. The van der Waals surface area contributed by atoms with E-state index in [1.54, 1.807) is 0 Å². The molecule has 0 N–H and O–H groups in total. The van der Waals surface area contributed by atoms with Gasteiger partial charge in [0.25, 0.3) is 0 Å². The number of hydrogen-bond acceptors (Lipinski definition) is 0. The van der Waals surface area contributed by atoms with Gasteiger partial charge in [0.05, 0.1) is 22.1 Å². The van der Waals surface area contributed by atoms with Gasteiger partial charge < -0.3 is 9.13 Å². The third-order valence-corrected chi connectivity index (χ3v) is 16.6. The maximum absolute atomic E-state index is 2.71. The Morgan fingerprint density at radius 2 is 0.710 bits per heavy atom. The largest absolute Gasteiger partial charge is 0.309 e. The van der Waals surface area contributed by atoms with Crippen molar-refractivity contribution in [2.75, 3.05) is 0 Å². The molecule has 9 aromatic carbocycles. The number of fused-ring (bicyclic) bond motifs is 10. The summed E-state index contributed by atoms with van der Waals surface area (Å²) in [6, 6.07) is 83.1. The molecule has 4 heterocycles. The van der Waals surface area contributed by atoms with Crippen molar-refractivity contribution >= 4 is 87.9 Å². The summed E-state index contributed by atoms with van der Waals surface area (Å²) in [6.07, 6.45) is 0. The number of nitrogens with zero attached hydrogens (tertiary/aromatic N) is 2. The minimum atomic E-state index is -1.89. The molecule has 0 amide bonds. The lowest BCUT2D eigenvalue weighted by molar-refractivity contribution is 1.18. The summed E-state index contributed by atoms with van der Waals surface area (Å²) in [5.74, 6) is 0. The van der Waals surface area contributed by atoms with E-state index >= 15 is 0 Å². The first kappa shape index (κ1) is 35.3. The van der Waals surface area contributed by atoms with Crippen molar-refractivity contribution in [3.63, 3.8) is 0 Å². The molecule has 0 saturated heterocycles. The van der Waals surface area contributed by atoms with Crippen LogP contribution in [0.2, 0.25) is 0 Å². The average Bonchev–Trinajstić information content (AvgIpc) is 4.02. The standard InChI is InChI=1S/C58H39BN2S/c1-4-20-40(21-5-1)59-49-30-12-16-36-55(49)62(56-37-17-13-31-50(56)59)38-47(43-28-18-34-53-57(43)45-26-10-14-32-51(45)60(53)41-22-6-2-7-23-41)48(39-62)44-29-19-35-54-58(44)46-27-11-15-33-52(46)61(54)42-24-8-3-9-25-42/h1-39H. The number of allylic oxidation sites excluding steroid dienone is 2. The zero-order valence-corrected chi connectivity index (χ0v) is 34.7. The summed E-state index contributed by atoms with van der Waals surface area (Å²) in [6.45, 7) is 0.135. The first-order chi connectivity index (χ1) is 30.8. The molecular weight excluding hydrogens is 768 g/mol. The van der Waals surface area contributed by atoms with Crippen LogP contribution in [0.4, 0.5) is 0 Å². The lowest BCUT2D eigenvalue weighted by Crippen LogP contribution is -2.56. The molecule has 62 heavy (non-hydrogen) atoms. The van der Waals surface area contributed by atoms with Crippen LogP contribution >= 0.6 is 10.0 Å². The fourth-order valence-corrected chi connectivity index (χ4v) is 14.6. The first-order valence-electron chi connectivity index (χ1n) is 21.4. The summed E-state index contributed by atoms with van der Waals surface area (Å²) >= 11 is 0. The Kier molecular flexibility index (Phi) is 7.82. The lowest BCUT2D eigenvalue weighted by Gasteiger charge is -2.42. The molecule has 2 aromatic heterocycles. The Bertz CT molecular complexity index is 3410. The second-order valence-corrected chi connectivity index (χ2v) is 19.2. The van der Waals surface area contributed by atoms with Gasteiger partial charge in [-0.15, -0.1) is 10.0 Å². The molecule has 0 saturated carbocycles. The molecule has 0 radical (unpaired) electrons. The van der Waals surface area contributed by atoms with Crippen molar-refractivity contribution in [2.24, 2.45) is 0 Å².